The van der Waals surface area contributed by atoms with Crippen molar-refractivity contribution in [1.29, 1.82) is 0 Å². The lowest BCUT2D eigenvalue weighted by atomic mass is 10.0. The summed E-state index contributed by atoms with van der Waals surface area (Å²) >= 11 is 0. The van der Waals surface area contributed by atoms with Crippen LogP contribution in [0.4, 0.5) is 11.5 Å². The van der Waals surface area contributed by atoms with Crippen molar-refractivity contribution in [3.8, 4) is 11.5 Å². The first-order valence-corrected chi connectivity index (χ1v) is 9.85. The molecule has 0 aliphatic carbocycles. The first-order chi connectivity index (χ1) is 14.9. The van der Waals surface area contributed by atoms with Gasteiger partial charge in [0.15, 0.2) is 11.5 Å². The summed E-state index contributed by atoms with van der Waals surface area (Å²) in [5.74, 6) is 2.74. The average molecular weight is 421 g/mol. The van der Waals surface area contributed by atoms with Gasteiger partial charge in [-0.25, -0.2) is 9.98 Å². The Morgan fingerprint density at radius 3 is 2.68 bits per heavy atom. The quantitative estimate of drug-likeness (QED) is 0.719. The van der Waals surface area contributed by atoms with E-state index in [1.165, 1.54) is 13.1 Å². The largest absolute Gasteiger partial charge is 0.496 e. The lowest BCUT2D eigenvalue weighted by Crippen LogP contribution is -2.38. The molecule has 0 saturated heterocycles. The van der Waals surface area contributed by atoms with Gasteiger partial charge in [-0.3, -0.25) is 14.6 Å². The number of hydrogen-bond donors (Lipinski definition) is 1. The molecule has 9 nitrogen and oxygen atoms in total. The van der Waals surface area contributed by atoms with Gasteiger partial charge in [0.25, 0.3) is 0 Å². The highest BCUT2D eigenvalue weighted by molar-refractivity contribution is 6.21. The zero-order chi connectivity index (χ0) is 22.1. The molecule has 0 fully saturated rings. The van der Waals surface area contributed by atoms with Crippen LogP contribution in [-0.2, 0) is 4.79 Å². The Morgan fingerprint density at radius 1 is 1.23 bits per heavy atom. The number of carbonyl (C=O) groups excluding carboxylic acids is 2. The van der Waals surface area contributed by atoms with E-state index in [2.05, 4.69) is 15.3 Å². The summed E-state index contributed by atoms with van der Waals surface area (Å²) in [5, 5.41) is 2.59. The van der Waals surface area contributed by atoms with Crippen LogP contribution in [0.15, 0.2) is 34.4 Å². The summed E-state index contributed by atoms with van der Waals surface area (Å²) in [4.78, 5) is 39.6. The molecular weight excluding hydrogens is 398 g/mol. The molecule has 0 atom stereocenters. The number of methoxy groups -OCH3 is 2. The molecule has 1 N–H and O–H groups in total. The fourth-order valence-electron chi connectivity index (χ4n) is 3.77. The van der Waals surface area contributed by atoms with Crippen LogP contribution >= 0.6 is 0 Å². The molecule has 3 heterocycles. The number of rotatable bonds is 6. The number of nitrogens with one attached hydrogen (secondary N) is 1. The molecule has 31 heavy (non-hydrogen) atoms. The van der Waals surface area contributed by atoms with Crippen molar-refractivity contribution in [2.24, 2.45) is 9.98 Å². The third-order valence-electron chi connectivity index (χ3n) is 5.22. The zero-order valence-electron chi connectivity index (χ0n) is 17.9. The summed E-state index contributed by atoms with van der Waals surface area (Å²) in [5.41, 5.74) is 2.76. The van der Waals surface area contributed by atoms with E-state index < -0.39 is 0 Å². The number of anilines is 1. The van der Waals surface area contributed by atoms with Gasteiger partial charge in [-0.1, -0.05) is 0 Å². The minimum atomic E-state index is -0.219. The van der Waals surface area contributed by atoms with E-state index in [9.17, 15) is 9.59 Å². The number of amidine groups is 2. The Kier molecular flexibility index (Phi) is 5.41. The number of fused-ring (bicyclic) bond motifs is 3. The first-order valence-electron chi connectivity index (χ1n) is 9.85. The van der Waals surface area contributed by atoms with Gasteiger partial charge in [-0.2, -0.15) is 0 Å². The van der Waals surface area contributed by atoms with Gasteiger partial charge in [0.05, 0.1) is 32.7 Å². The lowest BCUT2D eigenvalue weighted by Gasteiger charge is -2.29. The molecule has 0 unspecified atom stereocenters. The minimum absolute atomic E-state index is 0.0911. The second kappa shape index (κ2) is 8.17. The predicted octanol–water partition coefficient (Wildman–Crippen LogP) is 2.74. The van der Waals surface area contributed by atoms with E-state index in [0.717, 1.165) is 17.0 Å². The maximum atomic E-state index is 12.9. The van der Waals surface area contributed by atoms with Crippen LogP contribution in [0.25, 0.3) is 0 Å². The Balaban J connectivity index is 1.68. The number of carbonyl (C=O) groups is 2. The van der Waals surface area contributed by atoms with Crippen LogP contribution < -0.4 is 14.8 Å². The van der Waals surface area contributed by atoms with Crippen LogP contribution in [-0.4, -0.2) is 60.6 Å². The summed E-state index contributed by atoms with van der Waals surface area (Å²) < 4.78 is 11.1. The number of nitrogens with zero attached hydrogens (tertiary/aromatic N) is 4. The molecule has 2 aliphatic rings. The number of ether oxygens (including phenoxy) is 2. The second-order valence-electron chi connectivity index (χ2n) is 7.23. The lowest BCUT2D eigenvalue weighted by molar-refractivity contribution is -0.114. The normalized spacial score (nSPS) is 14.3. The van der Waals surface area contributed by atoms with Crippen molar-refractivity contribution in [3.63, 3.8) is 0 Å². The molecule has 2 aliphatic heterocycles. The molecule has 0 spiro atoms. The van der Waals surface area contributed by atoms with Crippen molar-refractivity contribution in [1.82, 2.24) is 9.88 Å². The van der Waals surface area contributed by atoms with E-state index in [1.807, 2.05) is 17.9 Å². The predicted molar refractivity (Wildman–Crippen MR) is 117 cm³/mol. The summed E-state index contributed by atoms with van der Waals surface area (Å²) in [7, 11) is 3.21. The van der Waals surface area contributed by atoms with Crippen molar-refractivity contribution in [3.05, 3.63) is 41.1 Å². The van der Waals surface area contributed by atoms with E-state index in [1.54, 1.807) is 26.4 Å². The third-order valence-corrected chi connectivity index (χ3v) is 5.22. The van der Waals surface area contributed by atoms with Crippen molar-refractivity contribution >= 4 is 34.9 Å². The molecule has 1 aromatic heterocycles. The number of ketones is 1. The Bertz CT molecular complexity index is 1120. The van der Waals surface area contributed by atoms with Crippen molar-refractivity contribution < 1.29 is 19.1 Å². The highest BCUT2D eigenvalue weighted by Gasteiger charge is 2.33. The summed E-state index contributed by atoms with van der Waals surface area (Å²) in [6.45, 7) is 4.58. The first kappa shape index (κ1) is 20.5. The highest BCUT2D eigenvalue weighted by Crippen LogP contribution is 2.43. The number of pyridine rings is 1. The number of hydrogen-bond acceptors (Lipinski definition) is 8. The van der Waals surface area contributed by atoms with Gasteiger partial charge in [0.2, 0.25) is 5.91 Å². The van der Waals surface area contributed by atoms with Gasteiger partial charge >= 0.3 is 0 Å². The number of aliphatic imine (C=N–C) groups is 2. The molecule has 1 aromatic carbocycles. The molecule has 4 rings (SSSR count). The zero-order valence-corrected chi connectivity index (χ0v) is 17.9. The Morgan fingerprint density at radius 2 is 2.03 bits per heavy atom. The smallest absolute Gasteiger partial charge is 0.222 e. The Labute approximate surface area is 179 Å². The van der Waals surface area contributed by atoms with Gasteiger partial charge in [0.1, 0.15) is 28.9 Å². The van der Waals surface area contributed by atoms with Gasteiger partial charge in [-0.15, -0.1) is 0 Å². The Hall–Kier alpha value is -3.75. The van der Waals surface area contributed by atoms with E-state index in [0.29, 0.717) is 47.5 Å². The molecule has 9 heteroatoms. The molecule has 0 radical (unpaired) electrons. The molecule has 2 aromatic rings. The monoisotopic (exact) mass is 421 g/mol. The van der Waals surface area contributed by atoms with Gasteiger partial charge < -0.3 is 19.7 Å². The second-order valence-corrected chi connectivity index (χ2v) is 7.23. The van der Waals surface area contributed by atoms with Crippen LogP contribution in [0.1, 0.15) is 34.8 Å². The molecule has 1 amide bonds. The maximum Gasteiger partial charge on any atom is 0.222 e. The summed E-state index contributed by atoms with van der Waals surface area (Å²) in [6, 6.07) is 5.16. The molecular formula is C22H23N5O4. The number of benzene rings is 1. The average Bonchev–Trinajstić information content (AvgIpc) is 3.24. The van der Waals surface area contributed by atoms with Gasteiger partial charge in [0, 0.05) is 30.8 Å². The number of Topliss-reactive ketones (excluding diaryl/α,β-unsaturated/α-hetero) is 1. The molecule has 0 bridgehead atoms. The summed E-state index contributed by atoms with van der Waals surface area (Å²) in [6.07, 6.45) is 1.55. The standard InChI is InChI=1S/C22H23N5O4/c1-12-17(30-3)9-15-20(21(12)31-4)26-19(27-8-7-23-22(15)27)10-16(29)14-5-6-18(24-11-14)25-13(2)28/h5-6,9,11H,7-8,10H2,1-4H3,(H,24,25,28). The van der Waals surface area contributed by atoms with Crippen LogP contribution in [0.5, 0.6) is 11.5 Å². The van der Waals surface area contributed by atoms with Crippen molar-refractivity contribution in [2.45, 2.75) is 20.3 Å². The molecule has 0 saturated carbocycles. The SMILES string of the molecule is COc1cc2c(c(OC)c1C)N=C(CC(=O)c1ccc(NC(C)=O)nc1)N1CCN=C21. The molecule has 160 valence electrons. The van der Waals surface area contributed by atoms with E-state index in [4.69, 9.17) is 14.5 Å². The van der Waals surface area contributed by atoms with Crippen LogP contribution in [0.2, 0.25) is 0 Å². The number of aromatic nitrogens is 1. The van der Waals surface area contributed by atoms with Gasteiger partial charge in [-0.05, 0) is 25.1 Å². The number of amides is 1. The third kappa shape index (κ3) is 3.74. The maximum absolute atomic E-state index is 12.9. The topological polar surface area (TPSA) is 105 Å². The van der Waals surface area contributed by atoms with Crippen LogP contribution in [0.3, 0.4) is 0 Å². The minimum Gasteiger partial charge on any atom is -0.496 e. The van der Waals surface area contributed by atoms with Crippen molar-refractivity contribution in [2.75, 3.05) is 32.6 Å². The fourth-order valence-corrected chi connectivity index (χ4v) is 3.77. The fraction of sp³-hybridized carbons (Fsp3) is 0.318. The van der Waals surface area contributed by atoms with E-state index in [-0.39, 0.29) is 18.1 Å². The van der Waals surface area contributed by atoms with E-state index >= 15 is 0 Å². The van der Waals surface area contributed by atoms with Crippen LogP contribution in [0, 0.1) is 6.92 Å². The highest BCUT2D eigenvalue weighted by atomic mass is 16.5.